The zero-order valence-electron chi connectivity index (χ0n) is 32.0. The molecule has 1 aromatic carbocycles. The van der Waals surface area contributed by atoms with E-state index in [2.05, 4.69) is 59.5 Å². The fourth-order valence-corrected chi connectivity index (χ4v) is 15.2. The van der Waals surface area contributed by atoms with Gasteiger partial charge >= 0.3 is 5.97 Å². The average Bonchev–Trinajstić information content (AvgIpc) is 3.45. The van der Waals surface area contributed by atoms with Gasteiger partial charge in [0.25, 0.3) is 0 Å². The third-order valence-corrected chi connectivity index (χ3v) is 18.3. The van der Waals surface area contributed by atoms with Gasteiger partial charge in [-0.1, -0.05) is 65.0 Å². The largest absolute Gasteiger partial charge is 0.478 e. The number of benzene rings is 1. The second-order valence-corrected chi connectivity index (χ2v) is 21.5. The quantitative estimate of drug-likeness (QED) is 0.278. The van der Waals surface area contributed by atoms with E-state index in [0.717, 1.165) is 31.2 Å². The lowest BCUT2D eigenvalue weighted by Gasteiger charge is -2.72. The molecule has 0 aromatic heterocycles. The summed E-state index contributed by atoms with van der Waals surface area (Å²) in [5.41, 5.74) is 4.85. The molecule has 9 unspecified atom stereocenters. The number of nitrogens with zero attached hydrogens (tertiary/aromatic N) is 1. The summed E-state index contributed by atoms with van der Waals surface area (Å²) in [6.45, 7) is 21.5. The lowest BCUT2D eigenvalue weighted by atomic mass is 9.32. The summed E-state index contributed by atoms with van der Waals surface area (Å²) < 4.78 is 23.9. The molecule has 4 saturated carbocycles. The molecule has 7 nitrogen and oxygen atoms in total. The fourth-order valence-electron chi connectivity index (χ4n) is 13.9. The number of carbonyl (C=O) groups is 2. The highest BCUT2D eigenvalue weighted by molar-refractivity contribution is 7.91. The molecule has 8 heteroatoms. The van der Waals surface area contributed by atoms with Gasteiger partial charge in [-0.15, -0.1) is 0 Å². The minimum absolute atomic E-state index is 0.0182. The molecule has 0 bridgehead atoms. The topological polar surface area (TPSA) is 104 Å². The number of hydrogen-bond acceptors (Lipinski definition) is 5. The van der Waals surface area contributed by atoms with E-state index in [4.69, 9.17) is 0 Å². The third-order valence-electron chi connectivity index (χ3n) is 16.7. The van der Waals surface area contributed by atoms with Crippen LogP contribution in [0.2, 0.25) is 0 Å². The van der Waals surface area contributed by atoms with E-state index in [9.17, 15) is 23.1 Å². The number of fused-ring (bicyclic) bond motifs is 7. The maximum absolute atomic E-state index is 13.3. The van der Waals surface area contributed by atoms with Crippen LogP contribution in [0, 0.1) is 56.7 Å². The van der Waals surface area contributed by atoms with Gasteiger partial charge in [-0.3, -0.25) is 9.69 Å². The molecule has 51 heavy (non-hydrogen) atoms. The van der Waals surface area contributed by atoms with Crippen LogP contribution in [0.5, 0.6) is 0 Å². The summed E-state index contributed by atoms with van der Waals surface area (Å²) in [7, 11) is -2.97. The van der Waals surface area contributed by atoms with Crippen molar-refractivity contribution < 1.29 is 23.1 Å². The van der Waals surface area contributed by atoms with Crippen molar-refractivity contribution >= 4 is 27.3 Å². The summed E-state index contributed by atoms with van der Waals surface area (Å²) in [5.74, 6) is 2.20. The van der Waals surface area contributed by atoms with Crippen molar-refractivity contribution in [2.45, 2.75) is 99.3 Å². The van der Waals surface area contributed by atoms with Crippen LogP contribution in [0.25, 0.3) is 5.57 Å². The molecule has 1 aromatic rings. The molecule has 0 spiro atoms. The van der Waals surface area contributed by atoms with Gasteiger partial charge in [0.2, 0.25) is 5.91 Å². The lowest BCUT2D eigenvalue weighted by Crippen LogP contribution is -2.66. The Labute approximate surface area is 307 Å². The first kappa shape index (κ1) is 36.9. The predicted octanol–water partition coefficient (Wildman–Crippen LogP) is 7.88. The van der Waals surface area contributed by atoms with Crippen molar-refractivity contribution in [3.8, 4) is 0 Å². The van der Waals surface area contributed by atoms with Gasteiger partial charge in [0, 0.05) is 19.6 Å². The molecule has 5 fully saturated rings. The van der Waals surface area contributed by atoms with Crippen LogP contribution in [-0.4, -0.2) is 68.0 Å². The number of aromatic carboxylic acids is 1. The number of hydrogen-bond donors (Lipinski definition) is 2. The van der Waals surface area contributed by atoms with Crippen molar-refractivity contribution in [2.75, 3.05) is 37.7 Å². The zero-order valence-corrected chi connectivity index (χ0v) is 32.8. The molecule has 2 N–H and O–H groups in total. The highest BCUT2D eigenvalue weighted by Crippen LogP contribution is 2.77. The minimum atomic E-state index is -2.97. The first-order chi connectivity index (χ1) is 23.9. The number of sulfone groups is 1. The van der Waals surface area contributed by atoms with Gasteiger partial charge < -0.3 is 10.4 Å². The predicted molar refractivity (Wildman–Crippen MR) is 204 cm³/mol. The van der Waals surface area contributed by atoms with Crippen LogP contribution in [-0.2, 0) is 14.6 Å². The zero-order chi connectivity index (χ0) is 36.8. The smallest absolute Gasteiger partial charge is 0.335 e. The van der Waals surface area contributed by atoms with Crippen LogP contribution < -0.4 is 5.32 Å². The fraction of sp³-hybridized carbons (Fsp3) is 0.721. The normalized spacial score (nSPS) is 41.2. The number of carboxylic acid groups (broad SMARTS) is 1. The van der Waals surface area contributed by atoms with E-state index >= 15 is 0 Å². The van der Waals surface area contributed by atoms with Crippen molar-refractivity contribution in [1.82, 2.24) is 10.2 Å². The Morgan fingerprint density at radius 2 is 1.59 bits per heavy atom. The Kier molecular flexibility index (Phi) is 9.09. The molecule has 280 valence electrons. The SMILES string of the molecule is C=C(C)C1CCC2(CNC(=O)CN3CCS(=O)(=O)CC3)CCC3(C)C(CCC4C5(C)CC=C(c6ccc(C(=O)O)cc6)C(C)(C)C5CCC43C)C12. The summed E-state index contributed by atoms with van der Waals surface area (Å²) in [5, 5.41) is 12.9. The summed E-state index contributed by atoms with van der Waals surface area (Å²) >= 11 is 0. The van der Waals surface area contributed by atoms with E-state index in [0.29, 0.717) is 54.8 Å². The Morgan fingerprint density at radius 3 is 2.24 bits per heavy atom. The summed E-state index contributed by atoms with van der Waals surface area (Å²) in [4.78, 5) is 26.9. The van der Waals surface area contributed by atoms with E-state index in [1.165, 1.54) is 43.3 Å². The molecule has 1 heterocycles. The number of carbonyl (C=O) groups excluding carboxylic acids is 1. The maximum atomic E-state index is 13.3. The highest BCUT2D eigenvalue weighted by atomic mass is 32.2. The van der Waals surface area contributed by atoms with Crippen LogP contribution >= 0.6 is 0 Å². The van der Waals surface area contributed by atoms with Crippen LogP contribution in [0.15, 0.2) is 42.5 Å². The molecule has 9 atom stereocenters. The molecule has 7 rings (SSSR count). The van der Waals surface area contributed by atoms with Gasteiger partial charge in [-0.05, 0) is 145 Å². The Morgan fingerprint density at radius 1 is 0.902 bits per heavy atom. The number of rotatable bonds is 7. The van der Waals surface area contributed by atoms with E-state index in [-0.39, 0.29) is 51.0 Å². The van der Waals surface area contributed by atoms with Gasteiger partial charge in [0.1, 0.15) is 0 Å². The summed E-state index contributed by atoms with van der Waals surface area (Å²) in [6, 6.07) is 7.52. The molecule has 6 aliphatic rings. The van der Waals surface area contributed by atoms with Gasteiger partial charge in [-0.25, -0.2) is 13.2 Å². The molecular weight excluding hydrogens is 657 g/mol. The first-order valence-electron chi connectivity index (χ1n) is 19.8. The number of allylic oxidation sites excluding steroid dienone is 3. The van der Waals surface area contributed by atoms with Crippen LogP contribution in [0.1, 0.15) is 115 Å². The van der Waals surface area contributed by atoms with Crippen molar-refractivity contribution in [3.05, 3.63) is 53.6 Å². The second kappa shape index (κ2) is 12.6. The number of nitrogens with one attached hydrogen (secondary N) is 1. The second-order valence-electron chi connectivity index (χ2n) is 19.2. The van der Waals surface area contributed by atoms with Crippen LogP contribution in [0.3, 0.4) is 0 Å². The van der Waals surface area contributed by atoms with E-state index in [1.807, 2.05) is 17.0 Å². The number of amides is 1. The maximum Gasteiger partial charge on any atom is 0.335 e. The lowest BCUT2D eigenvalue weighted by molar-refractivity contribution is -0.225. The van der Waals surface area contributed by atoms with Gasteiger partial charge in [0.15, 0.2) is 9.84 Å². The van der Waals surface area contributed by atoms with E-state index in [1.54, 1.807) is 12.1 Å². The van der Waals surface area contributed by atoms with Crippen molar-refractivity contribution in [2.24, 2.45) is 56.7 Å². The monoisotopic (exact) mass is 718 g/mol. The Hall–Kier alpha value is -2.45. The molecule has 1 aliphatic heterocycles. The van der Waals surface area contributed by atoms with Gasteiger partial charge in [-0.2, -0.15) is 0 Å². The molecule has 5 aliphatic carbocycles. The standard InChI is InChI=1S/C43H62N2O5S/c1-28(2)31-14-19-43(27-44-36(46)26-45-22-24-51(49,50)25-23-45)21-20-41(6)33(37(31)43)12-13-35-40(5)17-15-32(29-8-10-30(11-9-29)38(47)48)39(3,4)34(40)16-18-42(35,41)7/h8-11,15,31,33-35,37H,1,12-14,16-27H2,2-7H3,(H,44,46)(H,47,48). The van der Waals surface area contributed by atoms with Crippen molar-refractivity contribution in [1.29, 1.82) is 0 Å². The highest BCUT2D eigenvalue weighted by Gasteiger charge is 2.70. The summed E-state index contributed by atoms with van der Waals surface area (Å²) in [6.07, 6.45) is 13.1. The molecular formula is C43H62N2O5S. The van der Waals surface area contributed by atoms with Crippen molar-refractivity contribution in [3.63, 3.8) is 0 Å². The minimum Gasteiger partial charge on any atom is -0.478 e. The first-order valence-corrected chi connectivity index (χ1v) is 21.6. The molecule has 0 radical (unpaired) electrons. The van der Waals surface area contributed by atoms with E-state index < -0.39 is 15.8 Å². The Balaban J connectivity index is 1.13. The third kappa shape index (κ3) is 5.79. The number of carboxylic acids is 1. The van der Waals surface area contributed by atoms with Gasteiger partial charge in [0.05, 0.1) is 23.6 Å². The Bertz CT molecular complexity index is 1720. The average molecular weight is 719 g/mol. The molecule has 1 amide bonds. The van der Waals surface area contributed by atoms with Crippen LogP contribution in [0.4, 0.5) is 0 Å². The molecule has 1 saturated heterocycles.